The van der Waals surface area contributed by atoms with Crippen molar-refractivity contribution in [1.29, 1.82) is 0 Å². The molecule has 3 heterocycles. The Morgan fingerprint density at radius 1 is 1.31 bits per heavy atom. The summed E-state index contributed by atoms with van der Waals surface area (Å²) in [5, 5.41) is 6.84. The van der Waals surface area contributed by atoms with Crippen molar-refractivity contribution >= 4 is 23.4 Å². The van der Waals surface area contributed by atoms with Crippen LogP contribution in [0.2, 0.25) is 0 Å². The molecule has 2 N–H and O–H groups in total. The first-order valence-electron chi connectivity index (χ1n) is 10.1. The number of amides is 1. The van der Waals surface area contributed by atoms with E-state index in [1.807, 2.05) is 18.0 Å². The fourth-order valence-electron chi connectivity index (χ4n) is 4.04. The molecule has 1 saturated heterocycles. The number of fused-ring (bicyclic) bond motifs is 1. The number of likely N-dealkylation sites (tertiary alicyclic amines) is 1. The molecule has 4 rings (SSSR count). The lowest BCUT2D eigenvalue weighted by atomic mass is 10.1. The van der Waals surface area contributed by atoms with E-state index in [2.05, 4.69) is 52.3 Å². The number of aryl methyl sites for hydroxylation is 1. The summed E-state index contributed by atoms with van der Waals surface area (Å²) in [6.07, 6.45) is 5.19. The normalized spacial score (nSPS) is 19.0. The number of rotatable bonds is 5. The quantitative estimate of drug-likeness (QED) is 0.762. The molecule has 1 atom stereocenters. The van der Waals surface area contributed by atoms with Crippen LogP contribution in [0.3, 0.4) is 0 Å². The molecule has 0 unspecified atom stereocenters. The molecule has 7 nitrogen and oxygen atoms in total. The zero-order valence-corrected chi connectivity index (χ0v) is 17.1. The summed E-state index contributed by atoms with van der Waals surface area (Å²) in [7, 11) is 2.13. The molecular weight excluding hydrogens is 364 g/mol. The lowest BCUT2D eigenvalue weighted by molar-refractivity contribution is -0.127. The van der Waals surface area contributed by atoms with Crippen LogP contribution in [0.5, 0.6) is 0 Å². The van der Waals surface area contributed by atoms with Gasteiger partial charge in [-0.15, -0.1) is 0 Å². The third kappa shape index (κ3) is 4.40. The molecule has 0 bridgehead atoms. The van der Waals surface area contributed by atoms with Crippen molar-refractivity contribution in [2.24, 2.45) is 0 Å². The average Bonchev–Trinajstić information content (AvgIpc) is 3.09. The Morgan fingerprint density at radius 3 is 2.97 bits per heavy atom. The van der Waals surface area contributed by atoms with Gasteiger partial charge in [0.25, 0.3) is 0 Å². The summed E-state index contributed by atoms with van der Waals surface area (Å²) >= 11 is 0. The Hall–Kier alpha value is -2.93. The number of hydrogen-bond acceptors (Lipinski definition) is 6. The Balaban J connectivity index is 1.46. The van der Waals surface area contributed by atoms with E-state index in [-0.39, 0.29) is 11.9 Å². The van der Waals surface area contributed by atoms with E-state index in [1.54, 1.807) is 0 Å². The van der Waals surface area contributed by atoms with Crippen LogP contribution in [0.25, 0.3) is 0 Å². The van der Waals surface area contributed by atoms with Crippen molar-refractivity contribution in [2.45, 2.75) is 38.9 Å². The second kappa shape index (κ2) is 8.21. The Morgan fingerprint density at radius 2 is 2.14 bits per heavy atom. The standard InChI is InChI=1S/C22H28N6O/c1-4-20(29)28-9-5-6-19(14-28)24-21-15(2)11-23-22(26-21)25-18-8-7-16-12-27(3)13-17(16)10-18/h4,7-8,10-11,19H,1,5-6,9,12-14H2,2-3H3,(H2,23,24,25,26)/t19-/m1/s1. The van der Waals surface area contributed by atoms with E-state index >= 15 is 0 Å². The molecule has 1 aromatic carbocycles. The van der Waals surface area contributed by atoms with Gasteiger partial charge in [0.15, 0.2) is 0 Å². The predicted octanol–water partition coefficient (Wildman–Crippen LogP) is 3.06. The second-order valence-corrected chi connectivity index (χ2v) is 7.98. The molecular formula is C22H28N6O. The molecule has 0 radical (unpaired) electrons. The third-order valence-corrected chi connectivity index (χ3v) is 5.56. The Kier molecular flexibility index (Phi) is 5.49. The van der Waals surface area contributed by atoms with Gasteiger partial charge in [-0.1, -0.05) is 12.6 Å². The van der Waals surface area contributed by atoms with Gasteiger partial charge in [-0.3, -0.25) is 9.69 Å². The molecule has 1 amide bonds. The minimum absolute atomic E-state index is 0.0134. The van der Waals surface area contributed by atoms with Crippen LogP contribution in [0.1, 0.15) is 29.5 Å². The van der Waals surface area contributed by atoms with Gasteiger partial charge in [0, 0.05) is 49.7 Å². The first-order valence-corrected chi connectivity index (χ1v) is 10.1. The van der Waals surface area contributed by atoms with Gasteiger partial charge < -0.3 is 15.5 Å². The van der Waals surface area contributed by atoms with Crippen LogP contribution in [0.15, 0.2) is 37.1 Å². The van der Waals surface area contributed by atoms with Crippen molar-refractivity contribution in [3.8, 4) is 0 Å². The van der Waals surface area contributed by atoms with E-state index in [4.69, 9.17) is 4.98 Å². The van der Waals surface area contributed by atoms with Crippen molar-refractivity contribution in [3.63, 3.8) is 0 Å². The highest BCUT2D eigenvalue weighted by atomic mass is 16.2. The van der Waals surface area contributed by atoms with Crippen molar-refractivity contribution in [2.75, 3.05) is 30.8 Å². The lowest BCUT2D eigenvalue weighted by Crippen LogP contribution is -2.44. The van der Waals surface area contributed by atoms with Crippen LogP contribution >= 0.6 is 0 Å². The van der Waals surface area contributed by atoms with E-state index in [9.17, 15) is 4.79 Å². The van der Waals surface area contributed by atoms with Crippen LogP contribution in [0, 0.1) is 6.92 Å². The topological polar surface area (TPSA) is 73.4 Å². The molecule has 0 spiro atoms. The summed E-state index contributed by atoms with van der Waals surface area (Å²) in [5.41, 5.74) is 4.70. The molecule has 2 aliphatic rings. The van der Waals surface area contributed by atoms with Gasteiger partial charge in [0.2, 0.25) is 11.9 Å². The maximum absolute atomic E-state index is 11.9. The molecule has 2 aliphatic heterocycles. The molecule has 2 aromatic rings. The number of hydrogen-bond donors (Lipinski definition) is 2. The van der Waals surface area contributed by atoms with Gasteiger partial charge in [-0.2, -0.15) is 4.98 Å². The van der Waals surface area contributed by atoms with Crippen LogP contribution < -0.4 is 10.6 Å². The first kappa shape index (κ1) is 19.4. The number of nitrogens with zero attached hydrogens (tertiary/aromatic N) is 4. The van der Waals surface area contributed by atoms with Gasteiger partial charge in [-0.25, -0.2) is 4.98 Å². The number of carbonyl (C=O) groups excluding carboxylic acids is 1. The summed E-state index contributed by atoms with van der Waals surface area (Å²) in [6.45, 7) is 9.00. The highest BCUT2D eigenvalue weighted by Gasteiger charge is 2.23. The molecule has 29 heavy (non-hydrogen) atoms. The molecule has 0 saturated carbocycles. The second-order valence-electron chi connectivity index (χ2n) is 7.98. The van der Waals surface area contributed by atoms with E-state index in [1.165, 1.54) is 17.2 Å². The first-order chi connectivity index (χ1) is 14.0. The molecule has 0 aliphatic carbocycles. The molecule has 1 fully saturated rings. The van der Waals surface area contributed by atoms with Gasteiger partial charge in [0.05, 0.1) is 0 Å². The number of piperidine rings is 1. The minimum atomic E-state index is -0.0134. The maximum atomic E-state index is 11.9. The van der Waals surface area contributed by atoms with E-state index in [0.29, 0.717) is 12.5 Å². The highest BCUT2D eigenvalue weighted by molar-refractivity contribution is 5.87. The van der Waals surface area contributed by atoms with Crippen molar-refractivity contribution < 1.29 is 4.79 Å². The minimum Gasteiger partial charge on any atom is -0.365 e. The fourth-order valence-corrected chi connectivity index (χ4v) is 4.04. The number of carbonyl (C=O) groups is 1. The monoisotopic (exact) mass is 392 g/mol. The largest absolute Gasteiger partial charge is 0.365 e. The number of benzene rings is 1. The smallest absolute Gasteiger partial charge is 0.246 e. The number of aromatic nitrogens is 2. The lowest BCUT2D eigenvalue weighted by Gasteiger charge is -2.33. The number of nitrogens with one attached hydrogen (secondary N) is 2. The zero-order chi connectivity index (χ0) is 20.4. The van der Waals surface area contributed by atoms with Crippen molar-refractivity contribution in [1.82, 2.24) is 19.8 Å². The van der Waals surface area contributed by atoms with Crippen LogP contribution in [-0.4, -0.2) is 51.9 Å². The summed E-state index contributed by atoms with van der Waals surface area (Å²) in [4.78, 5) is 25.2. The summed E-state index contributed by atoms with van der Waals surface area (Å²) in [6, 6.07) is 6.59. The van der Waals surface area contributed by atoms with E-state index in [0.717, 1.165) is 49.5 Å². The number of anilines is 3. The summed E-state index contributed by atoms with van der Waals surface area (Å²) < 4.78 is 0. The Labute approximate surface area is 171 Å². The van der Waals surface area contributed by atoms with Crippen molar-refractivity contribution in [3.05, 3.63) is 53.7 Å². The Bertz CT molecular complexity index is 928. The van der Waals surface area contributed by atoms with Gasteiger partial charge in [0.1, 0.15) is 5.82 Å². The highest BCUT2D eigenvalue weighted by Crippen LogP contribution is 2.26. The molecule has 152 valence electrons. The molecule has 7 heteroatoms. The third-order valence-electron chi connectivity index (χ3n) is 5.56. The SMILES string of the molecule is C=CC(=O)N1CCC[C@@H](Nc2nc(Nc3ccc4c(c3)CN(C)C4)ncc2C)C1. The molecule has 1 aromatic heterocycles. The van der Waals surface area contributed by atoms with E-state index < -0.39 is 0 Å². The summed E-state index contributed by atoms with van der Waals surface area (Å²) in [5.74, 6) is 1.36. The zero-order valence-electron chi connectivity index (χ0n) is 17.1. The average molecular weight is 393 g/mol. The predicted molar refractivity (Wildman–Crippen MR) is 115 cm³/mol. The van der Waals surface area contributed by atoms with Gasteiger partial charge in [-0.05, 0) is 56.1 Å². The fraction of sp³-hybridized carbons (Fsp3) is 0.409. The van der Waals surface area contributed by atoms with Crippen LogP contribution in [-0.2, 0) is 17.9 Å². The maximum Gasteiger partial charge on any atom is 0.246 e. The van der Waals surface area contributed by atoms with Gasteiger partial charge >= 0.3 is 0 Å². The van der Waals surface area contributed by atoms with Crippen LogP contribution in [0.4, 0.5) is 17.5 Å².